The van der Waals surface area contributed by atoms with E-state index in [1.807, 2.05) is 33.2 Å². The zero-order valence-corrected chi connectivity index (χ0v) is 13.1. The van der Waals surface area contributed by atoms with Gasteiger partial charge in [0.2, 0.25) is 5.91 Å². The van der Waals surface area contributed by atoms with Crippen LogP contribution in [0.3, 0.4) is 0 Å². The molecule has 0 bridgehead atoms. The summed E-state index contributed by atoms with van der Waals surface area (Å²) in [7, 11) is 4.02. The molecule has 0 aromatic carbocycles. The molecule has 0 unspecified atom stereocenters. The third-order valence-corrected chi connectivity index (χ3v) is 3.98. The number of nitrogens with zero attached hydrogens (tertiary/aromatic N) is 3. The van der Waals surface area contributed by atoms with Crippen LogP contribution >= 0.6 is 0 Å². The number of aliphatic hydroxyl groups excluding tert-OH is 1. The quantitative estimate of drug-likeness (QED) is 0.887. The number of carbonyl (C=O) groups excluding carboxylic acids is 1. The van der Waals surface area contributed by atoms with Gasteiger partial charge < -0.3 is 14.9 Å². The number of carbonyl (C=O) groups is 1. The number of β-amino-alcohol motifs (C(OH)–C–C–N with tert-alkyl or cyclic N) is 1. The van der Waals surface area contributed by atoms with E-state index in [0.717, 1.165) is 30.8 Å². The first-order chi connectivity index (χ1) is 9.95. The highest BCUT2D eigenvalue weighted by atomic mass is 16.3. The zero-order chi connectivity index (χ0) is 15.4. The lowest BCUT2D eigenvalue weighted by Crippen LogP contribution is -2.49. The number of likely N-dealkylation sites (tertiary alicyclic amines) is 1. The Morgan fingerprint density at radius 2 is 2.29 bits per heavy atom. The summed E-state index contributed by atoms with van der Waals surface area (Å²) < 4.78 is 0. The van der Waals surface area contributed by atoms with Crippen LogP contribution < -0.4 is 0 Å². The van der Waals surface area contributed by atoms with Crippen LogP contribution in [0.1, 0.15) is 17.7 Å². The number of amides is 1. The van der Waals surface area contributed by atoms with Crippen LogP contribution in [0.5, 0.6) is 0 Å². The average molecular weight is 291 g/mol. The lowest BCUT2D eigenvalue weighted by molar-refractivity contribution is -0.135. The van der Waals surface area contributed by atoms with Crippen LogP contribution in [-0.2, 0) is 11.2 Å². The molecule has 2 heterocycles. The van der Waals surface area contributed by atoms with E-state index in [4.69, 9.17) is 0 Å². The molecule has 0 saturated carbocycles. The van der Waals surface area contributed by atoms with Gasteiger partial charge in [-0.15, -0.1) is 0 Å². The number of aryl methyl sites for hydroxylation is 1. The fraction of sp³-hybridized carbons (Fsp3) is 0.625. The average Bonchev–Trinajstić information content (AvgIpc) is 2.40. The third kappa shape index (κ3) is 4.51. The Hall–Kier alpha value is -1.46. The lowest BCUT2D eigenvalue weighted by Gasteiger charge is -2.37. The van der Waals surface area contributed by atoms with Crippen molar-refractivity contribution in [3.8, 4) is 0 Å². The number of hydrogen-bond acceptors (Lipinski definition) is 4. The number of hydrogen-bond donors (Lipinski definition) is 1. The van der Waals surface area contributed by atoms with E-state index < -0.39 is 6.10 Å². The molecule has 1 aliphatic heterocycles. The molecular formula is C16H25N3O2. The van der Waals surface area contributed by atoms with E-state index in [0.29, 0.717) is 13.0 Å². The molecule has 1 fully saturated rings. The van der Waals surface area contributed by atoms with Gasteiger partial charge in [-0.05, 0) is 45.1 Å². The van der Waals surface area contributed by atoms with Crippen LogP contribution in [0.4, 0.5) is 0 Å². The summed E-state index contributed by atoms with van der Waals surface area (Å²) in [5.41, 5.74) is 1.91. The van der Waals surface area contributed by atoms with E-state index in [2.05, 4.69) is 9.88 Å². The van der Waals surface area contributed by atoms with Gasteiger partial charge in [-0.25, -0.2) is 0 Å². The minimum Gasteiger partial charge on any atom is -0.391 e. The van der Waals surface area contributed by atoms with Crippen molar-refractivity contribution in [2.45, 2.75) is 25.9 Å². The summed E-state index contributed by atoms with van der Waals surface area (Å²) >= 11 is 0. The number of pyridine rings is 1. The molecule has 116 valence electrons. The van der Waals surface area contributed by atoms with Crippen LogP contribution in [0, 0.1) is 12.8 Å². The molecule has 1 aromatic rings. The predicted octanol–water partition coefficient (Wildman–Crippen LogP) is 0.704. The molecule has 5 heteroatoms. The van der Waals surface area contributed by atoms with Crippen molar-refractivity contribution in [1.82, 2.24) is 14.8 Å². The van der Waals surface area contributed by atoms with Crippen LogP contribution in [0.25, 0.3) is 0 Å². The van der Waals surface area contributed by atoms with Gasteiger partial charge in [0.1, 0.15) is 0 Å². The van der Waals surface area contributed by atoms with Crippen molar-refractivity contribution < 1.29 is 9.90 Å². The topological polar surface area (TPSA) is 56.7 Å². The second kappa shape index (κ2) is 7.00. The molecule has 0 radical (unpaired) electrons. The van der Waals surface area contributed by atoms with Gasteiger partial charge >= 0.3 is 0 Å². The number of aromatic nitrogens is 1. The molecule has 2 atom stereocenters. The summed E-state index contributed by atoms with van der Waals surface area (Å²) in [6.45, 7) is 4.01. The predicted molar refractivity (Wildman–Crippen MR) is 81.9 cm³/mol. The van der Waals surface area contributed by atoms with Crippen molar-refractivity contribution in [1.29, 1.82) is 0 Å². The summed E-state index contributed by atoms with van der Waals surface area (Å²) in [6, 6.07) is 3.86. The smallest absolute Gasteiger partial charge is 0.228 e. The third-order valence-electron chi connectivity index (χ3n) is 3.98. The maximum absolute atomic E-state index is 12.3. The fourth-order valence-corrected chi connectivity index (χ4v) is 2.85. The highest BCUT2D eigenvalue weighted by Gasteiger charge is 2.30. The Morgan fingerprint density at radius 3 is 2.90 bits per heavy atom. The maximum atomic E-state index is 12.3. The van der Waals surface area contributed by atoms with Crippen molar-refractivity contribution in [3.05, 3.63) is 29.6 Å². The van der Waals surface area contributed by atoms with Crippen molar-refractivity contribution >= 4 is 5.91 Å². The molecule has 0 aliphatic carbocycles. The number of aliphatic hydroxyl groups is 1. The molecule has 1 N–H and O–H groups in total. The van der Waals surface area contributed by atoms with E-state index in [-0.39, 0.29) is 11.8 Å². The molecule has 0 spiro atoms. The van der Waals surface area contributed by atoms with Crippen LogP contribution in [0.15, 0.2) is 18.3 Å². The van der Waals surface area contributed by atoms with Gasteiger partial charge in [-0.3, -0.25) is 9.78 Å². The van der Waals surface area contributed by atoms with Gasteiger partial charge in [0, 0.05) is 37.4 Å². The lowest BCUT2D eigenvalue weighted by atomic mass is 9.93. The number of piperidine rings is 1. The highest BCUT2D eigenvalue weighted by molar-refractivity contribution is 5.78. The van der Waals surface area contributed by atoms with Gasteiger partial charge in [0.05, 0.1) is 12.5 Å². The first-order valence-corrected chi connectivity index (χ1v) is 7.48. The second-order valence-electron chi connectivity index (χ2n) is 6.22. The molecule has 5 nitrogen and oxygen atoms in total. The SMILES string of the molecule is Cc1ccnc(CC(=O)N2CC[C@@H](CN(C)C)[C@H](O)C2)c1. The van der Waals surface area contributed by atoms with Gasteiger partial charge in [-0.1, -0.05) is 0 Å². The molecule has 1 amide bonds. The van der Waals surface area contributed by atoms with Gasteiger partial charge in [0.25, 0.3) is 0 Å². The van der Waals surface area contributed by atoms with Crippen molar-refractivity contribution in [2.24, 2.45) is 5.92 Å². The Labute approximate surface area is 126 Å². The van der Waals surface area contributed by atoms with E-state index in [1.54, 1.807) is 11.1 Å². The van der Waals surface area contributed by atoms with Crippen LogP contribution in [-0.4, -0.2) is 65.6 Å². The fourth-order valence-electron chi connectivity index (χ4n) is 2.85. The van der Waals surface area contributed by atoms with Gasteiger partial charge in [0.15, 0.2) is 0 Å². The highest BCUT2D eigenvalue weighted by Crippen LogP contribution is 2.19. The summed E-state index contributed by atoms with van der Waals surface area (Å²) in [4.78, 5) is 20.4. The molecule has 1 aromatic heterocycles. The molecular weight excluding hydrogens is 266 g/mol. The maximum Gasteiger partial charge on any atom is 0.228 e. The molecule has 2 rings (SSSR count). The minimum atomic E-state index is -0.435. The monoisotopic (exact) mass is 291 g/mol. The van der Waals surface area contributed by atoms with Crippen molar-refractivity contribution in [3.63, 3.8) is 0 Å². The first-order valence-electron chi connectivity index (χ1n) is 7.48. The largest absolute Gasteiger partial charge is 0.391 e. The van der Waals surface area contributed by atoms with E-state index >= 15 is 0 Å². The van der Waals surface area contributed by atoms with E-state index in [9.17, 15) is 9.90 Å². The molecule has 1 saturated heterocycles. The Morgan fingerprint density at radius 1 is 1.52 bits per heavy atom. The zero-order valence-electron chi connectivity index (χ0n) is 13.1. The van der Waals surface area contributed by atoms with Crippen molar-refractivity contribution in [2.75, 3.05) is 33.7 Å². The number of rotatable bonds is 4. The molecule has 1 aliphatic rings. The normalized spacial score (nSPS) is 22.6. The first kappa shape index (κ1) is 15.9. The summed E-state index contributed by atoms with van der Waals surface area (Å²) in [6.07, 6.45) is 2.46. The summed E-state index contributed by atoms with van der Waals surface area (Å²) in [5.74, 6) is 0.302. The molecule has 21 heavy (non-hydrogen) atoms. The Bertz CT molecular complexity index is 490. The summed E-state index contributed by atoms with van der Waals surface area (Å²) in [5, 5.41) is 10.2. The van der Waals surface area contributed by atoms with E-state index in [1.165, 1.54) is 0 Å². The Kier molecular flexibility index (Phi) is 5.31. The van der Waals surface area contributed by atoms with Crippen LogP contribution in [0.2, 0.25) is 0 Å². The van der Waals surface area contributed by atoms with Gasteiger partial charge in [-0.2, -0.15) is 0 Å². The Balaban J connectivity index is 1.90. The minimum absolute atomic E-state index is 0.0513. The standard InChI is InChI=1S/C16H25N3O2/c1-12-4-6-17-14(8-12)9-16(21)19-7-5-13(10-18(2)3)15(20)11-19/h4,6,8,13,15,20H,5,7,9-11H2,1-3H3/t13-,15+/m0/s1. The second-order valence-corrected chi connectivity index (χ2v) is 6.22.